The molecule has 152 valence electrons. The number of rotatable bonds is 2. The third-order valence-electron chi connectivity index (χ3n) is 8.23. The van der Waals surface area contributed by atoms with Crippen molar-refractivity contribution < 1.29 is 22.2 Å². The van der Waals surface area contributed by atoms with E-state index in [1.807, 2.05) is 4.90 Å². The van der Waals surface area contributed by atoms with Gasteiger partial charge in [0.25, 0.3) is 10.1 Å². The number of nitrogens with zero attached hydrogens (tertiary/aromatic N) is 1. The zero-order valence-corrected chi connectivity index (χ0v) is 17.4. The zero-order chi connectivity index (χ0) is 19.6. The van der Waals surface area contributed by atoms with Gasteiger partial charge in [0.2, 0.25) is 5.91 Å². The summed E-state index contributed by atoms with van der Waals surface area (Å²) in [7, 11) is -3.57. The summed E-state index contributed by atoms with van der Waals surface area (Å²) in [6, 6.07) is 0. The van der Waals surface area contributed by atoms with Gasteiger partial charge in [0.15, 0.2) is 0 Å². The van der Waals surface area contributed by atoms with Crippen LogP contribution in [0.3, 0.4) is 0 Å². The lowest BCUT2D eigenvalue weighted by molar-refractivity contribution is -0.154. The van der Waals surface area contributed by atoms with Gasteiger partial charge in [0, 0.05) is 23.9 Å². The first-order valence-corrected chi connectivity index (χ1v) is 12.1. The van der Waals surface area contributed by atoms with E-state index in [1.54, 1.807) is 0 Å². The standard InChI is InChI=1S/C20H31NO5S/c1-19-9-7-16-14(15(19)4-5-17(19)22)8-11-21-18(23)12-13(26-27(3,24)25)6-10-20(16,21)2/h13-16H,4-12H2,1-3H3/t13?,14-,15?,16?,19-,20+/m0/s1. The van der Waals surface area contributed by atoms with Crippen LogP contribution < -0.4 is 0 Å². The highest BCUT2D eigenvalue weighted by Gasteiger charge is 2.60. The number of hydrogen-bond donors (Lipinski definition) is 0. The van der Waals surface area contributed by atoms with E-state index in [1.165, 1.54) is 0 Å². The molecule has 0 spiro atoms. The number of ketones is 1. The van der Waals surface area contributed by atoms with Crippen LogP contribution in [0, 0.1) is 23.2 Å². The normalized spacial score (nSPS) is 45.1. The highest BCUT2D eigenvalue weighted by molar-refractivity contribution is 7.86. The van der Waals surface area contributed by atoms with Gasteiger partial charge in [0.05, 0.1) is 18.8 Å². The van der Waals surface area contributed by atoms with Gasteiger partial charge in [-0.25, -0.2) is 0 Å². The Balaban J connectivity index is 1.61. The molecule has 0 radical (unpaired) electrons. The molecule has 3 unspecified atom stereocenters. The average molecular weight is 398 g/mol. The Bertz CT molecular complexity index is 764. The topological polar surface area (TPSA) is 80.8 Å². The van der Waals surface area contributed by atoms with Gasteiger partial charge < -0.3 is 4.90 Å². The van der Waals surface area contributed by atoms with Crippen molar-refractivity contribution in [1.29, 1.82) is 0 Å². The maximum absolute atomic E-state index is 13.0. The molecule has 2 saturated heterocycles. The molecule has 0 N–H and O–H groups in total. The first-order valence-electron chi connectivity index (χ1n) is 10.3. The van der Waals surface area contributed by atoms with Gasteiger partial charge in [-0.2, -0.15) is 8.42 Å². The van der Waals surface area contributed by atoms with Crippen LogP contribution in [-0.2, 0) is 23.9 Å². The second-order valence-electron chi connectivity index (χ2n) is 9.65. The van der Waals surface area contributed by atoms with Crippen LogP contribution in [0.1, 0.15) is 65.2 Å². The van der Waals surface area contributed by atoms with Crippen LogP contribution in [-0.4, -0.2) is 49.5 Å². The van der Waals surface area contributed by atoms with Crippen molar-refractivity contribution in [2.24, 2.45) is 23.2 Å². The number of hydrogen-bond acceptors (Lipinski definition) is 5. The van der Waals surface area contributed by atoms with E-state index in [2.05, 4.69) is 13.8 Å². The predicted octanol–water partition coefficient (Wildman–Crippen LogP) is 2.52. The summed E-state index contributed by atoms with van der Waals surface area (Å²) >= 11 is 0. The van der Waals surface area contributed by atoms with Crippen molar-refractivity contribution in [3.05, 3.63) is 0 Å². The lowest BCUT2D eigenvalue weighted by Gasteiger charge is -2.58. The van der Waals surface area contributed by atoms with Crippen molar-refractivity contribution in [3.63, 3.8) is 0 Å². The van der Waals surface area contributed by atoms with Crippen molar-refractivity contribution in [3.8, 4) is 0 Å². The molecule has 0 aromatic rings. The molecule has 4 aliphatic rings. The fourth-order valence-corrected chi connectivity index (χ4v) is 7.55. The van der Waals surface area contributed by atoms with Crippen LogP contribution in [0.15, 0.2) is 0 Å². The fraction of sp³-hybridized carbons (Fsp3) is 0.900. The number of amides is 1. The monoisotopic (exact) mass is 397 g/mol. The minimum Gasteiger partial charge on any atom is -0.337 e. The molecule has 1 amide bonds. The number of piperidine rings is 1. The van der Waals surface area contributed by atoms with Gasteiger partial charge in [-0.05, 0) is 63.2 Å². The summed E-state index contributed by atoms with van der Waals surface area (Å²) in [6.45, 7) is 5.05. The molecular formula is C20H31NO5S. The zero-order valence-electron chi connectivity index (χ0n) is 16.6. The van der Waals surface area contributed by atoms with E-state index < -0.39 is 16.2 Å². The maximum atomic E-state index is 13.0. The molecule has 2 aliphatic carbocycles. The average Bonchev–Trinajstić information content (AvgIpc) is 2.80. The van der Waals surface area contributed by atoms with E-state index >= 15 is 0 Å². The molecular weight excluding hydrogens is 366 g/mol. The number of fused-ring (bicyclic) bond motifs is 5. The third-order valence-corrected chi connectivity index (χ3v) is 8.86. The molecule has 0 aromatic heterocycles. The molecule has 4 rings (SSSR count). The molecule has 7 heteroatoms. The predicted molar refractivity (Wildman–Crippen MR) is 100 cm³/mol. The second-order valence-corrected chi connectivity index (χ2v) is 11.3. The Morgan fingerprint density at radius 1 is 1.04 bits per heavy atom. The quantitative estimate of drug-likeness (QED) is 0.669. The Kier molecular flexibility index (Phi) is 4.50. The Morgan fingerprint density at radius 2 is 1.78 bits per heavy atom. The highest BCUT2D eigenvalue weighted by Crippen LogP contribution is 2.60. The van der Waals surface area contributed by atoms with Gasteiger partial charge in [0.1, 0.15) is 5.78 Å². The minimum absolute atomic E-state index is 0.0120. The lowest BCUT2D eigenvalue weighted by atomic mass is 9.53. The summed E-state index contributed by atoms with van der Waals surface area (Å²) in [5.41, 5.74) is -0.432. The van der Waals surface area contributed by atoms with Gasteiger partial charge in [-0.1, -0.05) is 6.92 Å². The van der Waals surface area contributed by atoms with Crippen LogP contribution in [0.2, 0.25) is 0 Å². The smallest absolute Gasteiger partial charge is 0.264 e. The third kappa shape index (κ3) is 3.05. The van der Waals surface area contributed by atoms with Gasteiger partial charge in [-0.15, -0.1) is 0 Å². The number of Topliss-reactive ketones (excluding diaryl/α,β-unsaturated/α-hetero) is 1. The van der Waals surface area contributed by atoms with Crippen molar-refractivity contribution in [1.82, 2.24) is 4.90 Å². The molecule has 2 heterocycles. The SMILES string of the molecule is C[C@]12CCC3[C@@H](CCN4C(=O)CC(OS(C)(=O)=O)CC[C@]34C)C1CCC2=O. The highest BCUT2D eigenvalue weighted by atomic mass is 32.2. The van der Waals surface area contributed by atoms with Crippen LogP contribution in [0.4, 0.5) is 0 Å². The van der Waals surface area contributed by atoms with Gasteiger partial charge >= 0.3 is 0 Å². The molecule has 2 saturated carbocycles. The first kappa shape index (κ1) is 19.4. The summed E-state index contributed by atoms with van der Waals surface area (Å²) in [4.78, 5) is 27.5. The molecule has 0 bridgehead atoms. The largest absolute Gasteiger partial charge is 0.337 e. The molecule has 6 atom stereocenters. The van der Waals surface area contributed by atoms with E-state index in [0.29, 0.717) is 42.9 Å². The van der Waals surface area contributed by atoms with E-state index in [0.717, 1.165) is 38.4 Å². The molecule has 2 aliphatic heterocycles. The van der Waals surface area contributed by atoms with E-state index in [4.69, 9.17) is 4.18 Å². The molecule has 6 nitrogen and oxygen atoms in total. The van der Waals surface area contributed by atoms with E-state index in [9.17, 15) is 18.0 Å². The summed E-state index contributed by atoms with van der Waals surface area (Å²) in [6.07, 6.45) is 6.50. The fourth-order valence-electron chi connectivity index (χ4n) is 6.89. The molecule has 0 aromatic carbocycles. The Morgan fingerprint density at radius 3 is 2.48 bits per heavy atom. The van der Waals surface area contributed by atoms with Crippen LogP contribution >= 0.6 is 0 Å². The summed E-state index contributed by atoms with van der Waals surface area (Å²) in [5.74, 6) is 1.74. The molecule has 4 fully saturated rings. The number of carbonyl (C=O) groups is 2. The first-order chi connectivity index (χ1) is 12.5. The van der Waals surface area contributed by atoms with Crippen molar-refractivity contribution >= 4 is 21.8 Å². The number of carbonyl (C=O) groups excluding carboxylic acids is 2. The summed E-state index contributed by atoms with van der Waals surface area (Å²) in [5, 5.41) is 0. The van der Waals surface area contributed by atoms with Crippen LogP contribution in [0.5, 0.6) is 0 Å². The second kappa shape index (κ2) is 6.28. The van der Waals surface area contributed by atoms with Crippen molar-refractivity contribution in [2.75, 3.05) is 12.8 Å². The van der Waals surface area contributed by atoms with Gasteiger partial charge in [-0.3, -0.25) is 13.8 Å². The maximum Gasteiger partial charge on any atom is 0.264 e. The Hall–Kier alpha value is -0.950. The van der Waals surface area contributed by atoms with Crippen molar-refractivity contribution in [2.45, 2.75) is 76.9 Å². The Labute approximate surface area is 162 Å². The van der Waals surface area contributed by atoms with Crippen LogP contribution in [0.25, 0.3) is 0 Å². The lowest BCUT2D eigenvalue weighted by Crippen LogP contribution is -2.62. The van der Waals surface area contributed by atoms with E-state index in [-0.39, 0.29) is 23.3 Å². The summed E-state index contributed by atoms with van der Waals surface area (Å²) < 4.78 is 28.3. The minimum atomic E-state index is -3.57. The molecule has 27 heavy (non-hydrogen) atoms.